The van der Waals surface area contributed by atoms with Crippen LogP contribution < -0.4 is 11.3 Å². The number of carbonyl (C=O) groups excluding carboxylic acids is 1. The van der Waals surface area contributed by atoms with Gasteiger partial charge in [0.2, 0.25) is 5.91 Å². The Hall–Kier alpha value is -0.650. The van der Waals surface area contributed by atoms with Crippen molar-refractivity contribution in [3.05, 3.63) is 0 Å². The molecule has 0 atom stereocenters. The van der Waals surface area contributed by atoms with Crippen molar-refractivity contribution in [1.29, 1.82) is 0 Å². The van der Waals surface area contributed by atoms with E-state index in [-0.39, 0.29) is 11.8 Å². The Balaban J connectivity index is 2.40. The lowest BCUT2D eigenvalue weighted by Crippen LogP contribution is -2.53. The summed E-state index contributed by atoms with van der Waals surface area (Å²) in [7, 11) is 3.14. The van der Waals surface area contributed by atoms with Gasteiger partial charge in [0, 0.05) is 33.0 Å². The zero-order valence-electron chi connectivity index (χ0n) is 7.29. The molecule has 1 rings (SSSR count). The summed E-state index contributed by atoms with van der Waals surface area (Å²) >= 11 is 0. The molecule has 1 aliphatic rings. The van der Waals surface area contributed by atoms with Crippen LogP contribution in [0.2, 0.25) is 0 Å². The summed E-state index contributed by atoms with van der Waals surface area (Å²) in [4.78, 5) is 11.0. The van der Waals surface area contributed by atoms with Crippen LogP contribution in [0.15, 0.2) is 0 Å². The molecular formula is C7H14N2O3. The molecule has 0 saturated heterocycles. The Morgan fingerprint density at radius 2 is 2.00 bits per heavy atom. The van der Waals surface area contributed by atoms with E-state index < -0.39 is 5.79 Å². The molecule has 0 spiro atoms. The fourth-order valence-corrected chi connectivity index (χ4v) is 1.41. The molecular weight excluding hydrogens is 160 g/mol. The third-order valence-corrected chi connectivity index (χ3v) is 2.37. The van der Waals surface area contributed by atoms with Crippen LogP contribution in [-0.4, -0.2) is 25.9 Å². The molecule has 5 nitrogen and oxygen atoms in total. The number of hydrogen-bond acceptors (Lipinski definition) is 4. The Kier molecular flexibility index (Phi) is 2.66. The van der Waals surface area contributed by atoms with Gasteiger partial charge < -0.3 is 9.47 Å². The second kappa shape index (κ2) is 3.38. The van der Waals surface area contributed by atoms with Gasteiger partial charge in [-0.2, -0.15) is 0 Å². The highest BCUT2D eigenvalue weighted by Gasteiger charge is 2.48. The summed E-state index contributed by atoms with van der Waals surface area (Å²) in [6.07, 6.45) is 1.14. The van der Waals surface area contributed by atoms with Crippen LogP contribution in [0, 0.1) is 5.92 Å². The van der Waals surface area contributed by atoms with Gasteiger partial charge in [0.05, 0.1) is 0 Å². The van der Waals surface area contributed by atoms with Gasteiger partial charge in [0.15, 0.2) is 5.79 Å². The van der Waals surface area contributed by atoms with Crippen LogP contribution in [0.3, 0.4) is 0 Å². The van der Waals surface area contributed by atoms with Crippen molar-refractivity contribution in [3.8, 4) is 0 Å². The summed E-state index contributed by atoms with van der Waals surface area (Å²) in [5.41, 5.74) is 2.10. The lowest BCUT2D eigenvalue weighted by molar-refractivity contribution is -0.266. The zero-order valence-corrected chi connectivity index (χ0v) is 7.29. The molecule has 0 bridgehead atoms. The first-order valence-corrected chi connectivity index (χ1v) is 3.78. The predicted molar refractivity (Wildman–Crippen MR) is 41.8 cm³/mol. The zero-order chi connectivity index (χ0) is 9.19. The number of ether oxygens (including phenoxy) is 2. The van der Waals surface area contributed by atoms with Crippen LogP contribution in [0.1, 0.15) is 12.8 Å². The fourth-order valence-electron chi connectivity index (χ4n) is 1.41. The standard InChI is InChI=1S/C7H14N2O3/c1-11-7(12-2)3-5(4-7)6(10)9-8/h5H,3-4,8H2,1-2H3,(H,9,10). The van der Waals surface area contributed by atoms with E-state index in [0.717, 1.165) is 0 Å². The molecule has 1 fully saturated rings. The molecule has 0 aromatic carbocycles. The maximum Gasteiger partial charge on any atom is 0.237 e. The van der Waals surface area contributed by atoms with E-state index in [2.05, 4.69) is 5.43 Å². The molecule has 0 radical (unpaired) electrons. The maximum atomic E-state index is 11.0. The molecule has 3 N–H and O–H groups in total. The van der Waals surface area contributed by atoms with E-state index >= 15 is 0 Å². The number of hydrazine groups is 1. The van der Waals surface area contributed by atoms with Gasteiger partial charge in [0.25, 0.3) is 0 Å². The Morgan fingerprint density at radius 1 is 1.50 bits per heavy atom. The lowest BCUT2D eigenvalue weighted by Gasteiger charge is -2.43. The number of nitrogens with one attached hydrogen (secondary N) is 1. The number of carbonyl (C=O) groups is 1. The third kappa shape index (κ3) is 1.43. The van der Waals surface area contributed by atoms with E-state index in [1.807, 2.05) is 0 Å². The SMILES string of the molecule is COC1(OC)CC(C(=O)NN)C1. The Morgan fingerprint density at radius 3 is 2.33 bits per heavy atom. The first-order chi connectivity index (χ1) is 5.67. The maximum absolute atomic E-state index is 11.0. The molecule has 0 aromatic heterocycles. The topological polar surface area (TPSA) is 73.6 Å². The Labute approximate surface area is 71.2 Å². The molecule has 1 amide bonds. The second-order valence-corrected chi connectivity index (χ2v) is 2.93. The minimum atomic E-state index is -0.558. The fraction of sp³-hybridized carbons (Fsp3) is 0.857. The highest BCUT2D eigenvalue weighted by molar-refractivity contribution is 5.79. The largest absolute Gasteiger partial charge is 0.353 e. The van der Waals surface area contributed by atoms with Crippen molar-refractivity contribution in [2.45, 2.75) is 18.6 Å². The average molecular weight is 174 g/mol. The van der Waals surface area contributed by atoms with Crippen molar-refractivity contribution in [3.63, 3.8) is 0 Å². The van der Waals surface area contributed by atoms with Gasteiger partial charge in [-0.25, -0.2) is 5.84 Å². The number of nitrogens with two attached hydrogens (primary N) is 1. The summed E-state index contributed by atoms with van der Waals surface area (Å²) < 4.78 is 10.2. The van der Waals surface area contributed by atoms with Gasteiger partial charge in [-0.05, 0) is 0 Å². The summed E-state index contributed by atoms with van der Waals surface area (Å²) in [5.74, 6) is 4.19. The second-order valence-electron chi connectivity index (χ2n) is 2.93. The molecule has 5 heteroatoms. The molecule has 0 aromatic rings. The smallest absolute Gasteiger partial charge is 0.237 e. The summed E-state index contributed by atoms with van der Waals surface area (Å²) in [6, 6.07) is 0. The van der Waals surface area contributed by atoms with Crippen molar-refractivity contribution in [2.75, 3.05) is 14.2 Å². The third-order valence-electron chi connectivity index (χ3n) is 2.37. The monoisotopic (exact) mass is 174 g/mol. The molecule has 0 unspecified atom stereocenters. The van der Waals surface area contributed by atoms with Gasteiger partial charge in [-0.1, -0.05) is 0 Å². The highest BCUT2D eigenvalue weighted by atomic mass is 16.7. The van der Waals surface area contributed by atoms with E-state index in [9.17, 15) is 4.79 Å². The first-order valence-electron chi connectivity index (χ1n) is 3.78. The van der Waals surface area contributed by atoms with Crippen LogP contribution in [0.25, 0.3) is 0 Å². The molecule has 12 heavy (non-hydrogen) atoms. The number of amides is 1. The van der Waals surface area contributed by atoms with Gasteiger partial charge in [-0.3, -0.25) is 10.2 Å². The van der Waals surface area contributed by atoms with Crippen LogP contribution in [0.5, 0.6) is 0 Å². The van der Waals surface area contributed by atoms with Crippen molar-refractivity contribution < 1.29 is 14.3 Å². The van der Waals surface area contributed by atoms with Crippen molar-refractivity contribution in [1.82, 2.24) is 5.43 Å². The van der Waals surface area contributed by atoms with Gasteiger partial charge in [0.1, 0.15) is 0 Å². The minimum absolute atomic E-state index is 0.0742. The van der Waals surface area contributed by atoms with Crippen molar-refractivity contribution in [2.24, 2.45) is 11.8 Å². The quantitative estimate of drug-likeness (QED) is 0.259. The normalized spacial score (nSPS) is 21.6. The summed E-state index contributed by atoms with van der Waals surface area (Å²) in [6.45, 7) is 0. The minimum Gasteiger partial charge on any atom is -0.353 e. The molecule has 1 aliphatic carbocycles. The number of rotatable bonds is 3. The summed E-state index contributed by atoms with van der Waals surface area (Å²) in [5, 5.41) is 0. The van der Waals surface area contributed by atoms with Gasteiger partial charge in [-0.15, -0.1) is 0 Å². The van der Waals surface area contributed by atoms with Crippen molar-refractivity contribution >= 4 is 5.91 Å². The van der Waals surface area contributed by atoms with E-state index in [4.69, 9.17) is 15.3 Å². The van der Waals surface area contributed by atoms with Gasteiger partial charge >= 0.3 is 0 Å². The van der Waals surface area contributed by atoms with E-state index in [1.165, 1.54) is 0 Å². The average Bonchev–Trinajstić information content (AvgIpc) is 2.04. The van der Waals surface area contributed by atoms with Crippen LogP contribution in [0.4, 0.5) is 0 Å². The molecule has 70 valence electrons. The molecule has 0 heterocycles. The first kappa shape index (κ1) is 9.44. The van der Waals surface area contributed by atoms with E-state index in [1.54, 1.807) is 14.2 Å². The molecule has 0 aliphatic heterocycles. The number of methoxy groups -OCH3 is 2. The van der Waals surface area contributed by atoms with E-state index in [0.29, 0.717) is 12.8 Å². The van der Waals surface area contributed by atoms with Crippen LogP contribution in [-0.2, 0) is 14.3 Å². The lowest BCUT2D eigenvalue weighted by atomic mass is 9.78. The predicted octanol–water partition coefficient (Wildman–Crippen LogP) is -0.625. The highest BCUT2D eigenvalue weighted by Crippen LogP contribution is 2.40. The van der Waals surface area contributed by atoms with Crippen LogP contribution >= 0.6 is 0 Å². The molecule has 1 saturated carbocycles. The Bertz CT molecular complexity index is 171. The number of hydrogen-bond donors (Lipinski definition) is 2.